The third-order valence-corrected chi connectivity index (χ3v) is 2.48. The van der Waals surface area contributed by atoms with E-state index in [0.717, 1.165) is 18.0 Å². The molecule has 2 atom stereocenters. The topological polar surface area (TPSA) is 54.9 Å². The third-order valence-electron chi connectivity index (χ3n) is 1.64. The summed E-state index contributed by atoms with van der Waals surface area (Å²) < 4.78 is 3.62. The minimum absolute atomic E-state index is 0.0601. The first-order chi connectivity index (χ1) is 6.59. The highest BCUT2D eigenvalue weighted by molar-refractivity contribution is 7.07. The van der Waals surface area contributed by atoms with E-state index in [2.05, 4.69) is 14.9 Å². The van der Waals surface area contributed by atoms with Gasteiger partial charge in [-0.1, -0.05) is 4.49 Å². The van der Waals surface area contributed by atoms with Gasteiger partial charge in [0.15, 0.2) is 0 Å². The molecule has 1 aromatic heterocycles. The molecule has 14 heavy (non-hydrogen) atoms. The number of amides is 1. The molecule has 2 unspecified atom stereocenters. The van der Waals surface area contributed by atoms with Gasteiger partial charge in [-0.3, -0.25) is 4.79 Å². The SMILES string of the molecule is CC(Cl)CC(C)NC(=O)c1cnns1. The Morgan fingerprint density at radius 2 is 2.43 bits per heavy atom. The second-order valence-electron chi connectivity index (χ2n) is 3.17. The fourth-order valence-electron chi connectivity index (χ4n) is 1.11. The molecule has 1 rings (SSSR count). The van der Waals surface area contributed by atoms with Crippen LogP contribution in [-0.2, 0) is 0 Å². The molecule has 0 saturated carbocycles. The van der Waals surface area contributed by atoms with Crippen molar-refractivity contribution in [1.29, 1.82) is 0 Å². The van der Waals surface area contributed by atoms with Crippen molar-refractivity contribution in [3.8, 4) is 0 Å². The van der Waals surface area contributed by atoms with Crippen molar-refractivity contribution in [3.63, 3.8) is 0 Å². The summed E-state index contributed by atoms with van der Waals surface area (Å²) in [5.74, 6) is -0.134. The van der Waals surface area contributed by atoms with Crippen LogP contribution < -0.4 is 5.32 Å². The predicted octanol–water partition coefficient (Wildman–Crippen LogP) is 1.67. The molecular formula is C8H12ClN3OS. The van der Waals surface area contributed by atoms with Crippen LogP contribution in [0.3, 0.4) is 0 Å². The zero-order chi connectivity index (χ0) is 10.6. The van der Waals surface area contributed by atoms with Crippen LogP contribution >= 0.6 is 23.1 Å². The maximum atomic E-state index is 11.5. The molecule has 1 heterocycles. The van der Waals surface area contributed by atoms with Crippen molar-refractivity contribution in [2.24, 2.45) is 0 Å². The Morgan fingerprint density at radius 1 is 1.71 bits per heavy atom. The first-order valence-electron chi connectivity index (χ1n) is 4.32. The molecule has 0 saturated heterocycles. The van der Waals surface area contributed by atoms with Crippen LogP contribution in [-0.4, -0.2) is 26.9 Å². The lowest BCUT2D eigenvalue weighted by Gasteiger charge is -2.13. The number of rotatable bonds is 4. The lowest BCUT2D eigenvalue weighted by atomic mass is 10.2. The maximum Gasteiger partial charge on any atom is 0.264 e. The van der Waals surface area contributed by atoms with Gasteiger partial charge >= 0.3 is 0 Å². The van der Waals surface area contributed by atoms with Crippen LogP contribution in [0, 0.1) is 0 Å². The highest BCUT2D eigenvalue weighted by atomic mass is 35.5. The van der Waals surface area contributed by atoms with Gasteiger partial charge in [-0.2, -0.15) is 0 Å². The average Bonchev–Trinajstić information content (AvgIpc) is 2.53. The van der Waals surface area contributed by atoms with Crippen LogP contribution in [0.2, 0.25) is 0 Å². The number of aromatic nitrogens is 2. The van der Waals surface area contributed by atoms with Crippen LogP contribution in [0.25, 0.3) is 0 Å². The molecule has 0 aromatic carbocycles. The normalized spacial score (nSPS) is 14.8. The number of carbonyl (C=O) groups excluding carboxylic acids is 1. The number of nitrogens with zero attached hydrogens (tertiary/aromatic N) is 2. The van der Waals surface area contributed by atoms with E-state index >= 15 is 0 Å². The average molecular weight is 234 g/mol. The Labute approximate surface area is 91.8 Å². The molecule has 0 radical (unpaired) electrons. The summed E-state index contributed by atoms with van der Waals surface area (Å²) in [6, 6.07) is 0.0668. The van der Waals surface area contributed by atoms with Gasteiger partial charge in [-0.25, -0.2) is 0 Å². The summed E-state index contributed by atoms with van der Waals surface area (Å²) in [5.41, 5.74) is 0. The largest absolute Gasteiger partial charge is 0.349 e. The standard InChI is InChI=1S/C8H12ClN3OS/c1-5(9)3-6(2)11-8(13)7-4-10-12-14-7/h4-6H,3H2,1-2H3,(H,11,13). The number of carbonyl (C=O) groups is 1. The monoisotopic (exact) mass is 233 g/mol. The highest BCUT2D eigenvalue weighted by Crippen LogP contribution is 2.06. The van der Waals surface area contributed by atoms with Crippen molar-refractivity contribution in [3.05, 3.63) is 11.1 Å². The van der Waals surface area contributed by atoms with Gasteiger partial charge in [-0.05, 0) is 31.8 Å². The van der Waals surface area contributed by atoms with Gasteiger partial charge in [0, 0.05) is 11.4 Å². The Morgan fingerprint density at radius 3 is 2.93 bits per heavy atom. The molecule has 1 N–H and O–H groups in total. The van der Waals surface area contributed by atoms with Crippen molar-refractivity contribution in [2.75, 3.05) is 0 Å². The van der Waals surface area contributed by atoms with E-state index in [1.807, 2.05) is 13.8 Å². The summed E-state index contributed by atoms with van der Waals surface area (Å²) in [6.45, 7) is 3.82. The molecule has 0 aliphatic carbocycles. The molecule has 0 fully saturated rings. The Hall–Kier alpha value is -0.680. The van der Waals surface area contributed by atoms with Gasteiger partial charge in [0.05, 0.1) is 6.20 Å². The number of nitrogens with one attached hydrogen (secondary N) is 1. The van der Waals surface area contributed by atoms with E-state index in [4.69, 9.17) is 11.6 Å². The highest BCUT2D eigenvalue weighted by Gasteiger charge is 2.12. The zero-order valence-electron chi connectivity index (χ0n) is 8.03. The Kier molecular flexibility index (Phi) is 4.28. The molecule has 6 heteroatoms. The van der Waals surface area contributed by atoms with Crippen LogP contribution in [0.15, 0.2) is 6.20 Å². The second kappa shape index (κ2) is 5.26. The molecule has 78 valence electrons. The fourth-order valence-corrected chi connectivity index (χ4v) is 1.79. The van der Waals surface area contributed by atoms with Gasteiger partial charge < -0.3 is 5.32 Å². The Bertz CT molecular complexity index is 289. The predicted molar refractivity (Wildman–Crippen MR) is 56.8 cm³/mol. The Balaban J connectivity index is 2.41. The number of hydrogen-bond donors (Lipinski definition) is 1. The van der Waals surface area contributed by atoms with Crippen molar-refractivity contribution >= 4 is 29.0 Å². The van der Waals surface area contributed by atoms with E-state index in [9.17, 15) is 4.79 Å². The lowest BCUT2D eigenvalue weighted by Crippen LogP contribution is -2.33. The quantitative estimate of drug-likeness (QED) is 0.805. The van der Waals surface area contributed by atoms with Gasteiger partial charge in [-0.15, -0.1) is 16.7 Å². The minimum Gasteiger partial charge on any atom is -0.349 e. The summed E-state index contributed by atoms with van der Waals surface area (Å²) in [7, 11) is 0. The van der Waals surface area contributed by atoms with Gasteiger partial charge in [0.1, 0.15) is 4.88 Å². The third kappa shape index (κ3) is 3.59. The summed E-state index contributed by atoms with van der Waals surface area (Å²) in [6.07, 6.45) is 2.20. The molecule has 0 aliphatic heterocycles. The van der Waals surface area contributed by atoms with Gasteiger partial charge in [0.25, 0.3) is 5.91 Å². The summed E-state index contributed by atoms with van der Waals surface area (Å²) in [5, 5.41) is 6.47. The van der Waals surface area contributed by atoms with E-state index in [1.54, 1.807) is 0 Å². The van der Waals surface area contributed by atoms with Crippen LogP contribution in [0.5, 0.6) is 0 Å². The maximum absolute atomic E-state index is 11.5. The molecular weight excluding hydrogens is 222 g/mol. The molecule has 1 amide bonds. The van der Waals surface area contributed by atoms with Crippen LogP contribution in [0.1, 0.15) is 29.9 Å². The first kappa shape index (κ1) is 11.4. The first-order valence-corrected chi connectivity index (χ1v) is 5.53. The summed E-state index contributed by atoms with van der Waals surface area (Å²) >= 11 is 6.89. The van der Waals surface area contributed by atoms with E-state index in [0.29, 0.717) is 4.88 Å². The van der Waals surface area contributed by atoms with E-state index in [1.165, 1.54) is 6.20 Å². The lowest BCUT2D eigenvalue weighted by molar-refractivity contribution is 0.0942. The summed E-state index contributed by atoms with van der Waals surface area (Å²) in [4.78, 5) is 12.0. The molecule has 0 spiro atoms. The molecule has 0 aliphatic rings. The van der Waals surface area contributed by atoms with Crippen molar-refractivity contribution in [2.45, 2.75) is 31.7 Å². The number of alkyl halides is 1. The zero-order valence-corrected chi connectivity index (χ0v) is 9.60. The van der Waals surface area contributed by atoms with Gasteiger partial charge in [0.2, 0.25) is 0 Å². The molecule has 1 aromatic rings. The van der Waals surface area contributed by atoms with Crippen LogP contribution in [0.4, 0.5) is 0 Å². The van der Waals surface area contributed by atoms with Crippen molar-refractivity contribution < 1.29 is 4.79 Å². The number of hydrogen-bond acceptors (Lipinski definition) is 4. The second-order valence-corrected chi connectivity index (χ2v) is 4.70. The van der Waals surface area contributed by atoms with E-state index < -0.39 is 0 Å². The molecule has 0 bridgehead atoms. The van der Waals surface area contributed by atoms with E-state index in [-0.39, 0.29) is 17.3 Å². The van der Waals surface area contributed by atoms with Crippen molar-refractivity contribution in [1.82, 2.24) is 14.9 Å². The smallest absolute Gasteiger partial charge is 0.264 e. The molecule has 4 nitrogen and oxygen atoms in total. The number of halogens is 1. The fraction of sp³-hybridized carbons (Fsp3) is 0.625. The minimum atomic E-state index is -0.134.